The highest BCUT2D eigenvalue weighted by Crippen LogP contribution is 1.91. The van der Waals surface area contributed by atoms with Crippen LogP contribution < -0.4 is 0 Å². The molecule has 1 unspecified atom stereocenters. The summed E-state index contributed by atoms with van der Waals surface area (Å²) in [6, 6.07) is 0. The maximum atomic E-state index is 8.44. The summed E-state index contributed by atoms with van der Waals surface area (Å²) in [5.41, 5.74) is 0. The van der Waals surface area contributed by atoms with Crippen LogP contribution in [0.3, 0.4) is 0 Å². The van der Waals surface area contributed by atoms with Crippen molar-refractivity contribution in [2.45, 2.75) is 13.0 Å². The molecule has 2 N–H and O–H groups in total. The molecule has 5 heteroatoms. The summed E-state index contributed by atoms with van der Waals surface area (Å²) in [5, 5.41) is 16.9. The second kappa shape index (κ2) is 10.9. The summed E-state index contributed by atoms with van der Waals surface area (Å²) in [7, 11) is 0. The zero-order valence-electron chi connectivity index (χ0n) is 8.65. The number of ether oxygens (including phenoxy) is 3. The van der Waals surface area contributed by atoms with Crippen LogP contribution >= 0.6 is 0 Å². The van der Waals surface area contributed by atoms with Gasteiger partial charge in [-0.1, -0.05) is 0 Å². The molecule has 0 aromatic carbocycles. The van der Waals surface area contributed by atoms with Crippen molar-refractivity contribution in [3.8, 4) is 0 Å². The Labute approximate surface area is 84.6 Å². The molecule has 0 aromatic heterocycles. The first-order valence-electron chi connectivity index (χ1n) is 4.80. The number of aliphatic hydroxyl groups is 2. The lowest BCUT2D eigenvalue weighted by atomic mass is 10.4. The molecule has 0 spiro atoms. The molecule has 0 amide bonds. The highest BCUT2D eigenvalue weighted by atomic mass is 16.6. The molecule has 14 heavy (non-hydrogen) atoms. The molecule has 0 aromatic rings. The number of rotatable bonds is 10. The van der Waals surface area contributed by atoms with Gasteiger partial charge in [0.25, 0.3) is 0 Å². The average Bonchev–Trinajstić information content (AvgIpc) is 2.18. The Morgan fingerprint density at radius 2 is 1.57 bits per heavy atom. The van der Waals surface area contributed by atoms with Crippen molar-refractivity contribution in [2.75, 3.05) is 46.2 Å². The SMILES string of the molecule is CC(COCCO)OCCOCCO. The van der Waals surface area contributed by atoms with Crippen molar-refractivity contribution in [1.29, 1.82) is 0 Å². The summed E-state index contributed by atoms with van der Waals surface area (Å²) in [6.45, 7) is 4.09. The maximum Gasteiger partial charge on any atom is 0.0781 e. The van der Waals surface area contributed by atoms with Crippen LogP contribution in [0.1, 0.15) is 6.92 Å². The molecule has 0 aliphatic heterocycles. The quantitative estimate of drug-likeness (QED) is 0.470. The molecule has 0 fully saturated rings. The molecule has 0 aliphatic carbocycles. The van der Waals surface area contributed by atoms with Crippen molar-refractivity contribution in [2.24, 2.45) is 0 Å². The fraction of sp³-hybridized carbons (Fsp3) is 1.00. The number of hydrogen-bond acceptors (Lipinski definition) is 5. The van der Waals surface area contributed by atoms with E-state index < -0.39 is 0 Å². The normalized spacial score (nSPS) is 13.1. The largest absolute Gasteiger partial charge is 0.394 e. The van der Waals surface area contributed by atoms with Crippen LogP contribution in [0.5, 0.6) is 0 Å². The Kier molecular flexibility index (Phi) is 10.7. The van der Waals surface area contributed by atoms with Crippen LogP contribution in [0.25, 0.3) is 0 Å². The number of aliphatic hydroxyl groups excluding tert-OH is 2. The lowest BCUT2D eigenvalue weighted by Gasteiger charge is -2.12. The Morgan fingerprint density at radius 3 is 2.21 bits per heavy atom. The van der Waals surface area contributed by atoms with Crippen LogP contribution in [0, 0.1) is 0 Å². The van der Waals surface area contributed by atoms with Crippen LogP contribution in [0.2, 0.25) is 0 Å². The van der Waals surface area contributed by atoms with Gasteiger partial charge in [0.05, 0.1) is 52.4 Å². The lowest BCUT2D eigenvalue weighted by Crippen LogP contribution is -2.20. The van der Waals surface area contributed by atoms with Gasteiger partial charge in [0.15, 0.2) is 0 Å². The molecule has 1 atom stereocenters. The van der Waals surface area contributed by atoms with Gasteiger partial charge < -0.3 is 24.4 Å². The lowest BCUT2D eigenvalue weighted by molar-refractivity contribution is -0.0372. The van der Waals surface area contributed by atoms with E-state index in [1.54, 1.807) is 0 Å². The average molecular weight is 208 g/mol. The molecule has 0 rings (SSSR count). The molecule has 0 aliphatic rings. The van der Waals surface area contributed by atoms with Gasteiger partial charge >= 0.3 is 0 Å². The summed E-state index contributed by atoms with van der Waals surface area (Å²) >= 11 is 0. The maximum absolute atomic E-state index is 8.44. The first-order chi connectivity index (χ1) is 6.81. The van der Waals surface area contributed by atoms with Crippen LogP contribution in [0.4, 0.5) is 0 Å². The van der Waals surface area contributed by atoms with Gasteiger partial charge in [0.1, 0.15) is 0 Å². The Balaban J connectivity index is 3.06. The molecule has 0 radical (unpaired) electrons. The highest BCUT2D eigenvalue weighted by Gasteiger charge is 2.01. The first-order valence-corrected chi connectivity index (χ1v) is 4.80. The van der Waals surface area contributed by atoms with E-state index in [2.05, 4.69) is 0 Å². The summed E-state index contributed by atoms with van der Waals surface area (Å²) in [6.07, 6.45) is -0.000670. The van der Waals surface area contributed by atoms with Gasteiger partial charge in [-0.2, -0.15) is 0 Å². The van der Waals surface area contributed by atoms with Crippen molar-refractivity contribution in [1.82, 2.24) is 0 Å². The van der Waals surface area contributed by atoms with Gasteiger partial charge in [0, 0.05) is 0 Å². The zero-order valence-corrected chi connectivity index (χ0v) is 8.65. The van der Waals surface area contributed by atoms with E-state index >= 15 is 0 Å². The first kappa shape index (κ1) is 13.8. The van der Waals surface area contributed by atoms with E-state index in [9.17, 15) is 0 Å². The van der Waals surface area contributed by atoms with E-state index in [0.29, 0.717) is 33.0 Å². The van der Waals surface area contributed by atoms with Gasteiger partial charge in [-0.15, -0.1) is 0 Å². The minimum atomic E-state index is -0.000670. The summed E-state index contributed by atoms with van der Waals surface area (Å²) < 4.78 is 15.4. The van der Waals surface area contributed by atoms with Crippen molar-refractivity contribution >= 4 is 0 Å². The van der Waals surface area contributed by atoms with E-state index in [-0.39, 0.29) is 19.3 Å². The van der Waals surface area contributed by atoms with Gasteiger partial charge in [-0.3, -0.25) is 0 Å². The monoisotopic (exact) mass is 208 g/mol. The van der Waals surface area contributed by atoms with Gasteiger partial charge in [-0.05, 0) is 6.92 Å². The minimum Gasteiger partial charge on any atom is -0.394 e. The topological polar surface area (TPSA) is 68.2 Å². The molecular formula is C9H20O5. The molecule has 0 heterocycles. The minimum absolute atomic E-state index is 0.000670. The fourth-order valence-corrected chi connectivity index (χ4v) is 0.837. The third-order valence-corrected chi connectivity index (χ3v) is 1.45. The molecular weight excluding hydrogens is 188 g/mol. The Bertz CT molecular complexity index is 109. The number of hydrogen-bond donors (Lipinski definition) is 2. The van der Waals surface area contributed by atoms with E-state index in [0.717, 1.165) is 0 Å². The van der Waals surface area contributed by atoms with Crippen molar-refractivity contribution in [3.05, 3.63) is 0 Å². The van der Waals surface area contributed by atoms with E-state index in [1.165, 1.54) is 0 Å². The zero-order chi connectivity index (χ0) is 10.6. The Morgan fingerprint density at radius 1 is 0.929 bits per heavy atom. The van der Waals surface area contributed by atoms with E-state index in [1.807, 2.05) is 6.92 Å². The fourth-order valence-electron chi connectivity index (χ4n) is 0.837. The highest BCUT2D eigenvalue weighted by molar-refractivity contribution is 4.46. The second-order valence-corrected chi connectivity index (χ2v) is 2.82. The molecule has 0 saturated heterocycles. The van der Waals surface area contributed by atoms with E-state index in [4.69, 9.17) is 24.4 Å². The third kappa shape index (κ3) is 9.88. The standard InChI is InChI=1S/C9H20O5/c1-9(8-13-5-3-11)14-7-6-12-4-2-10/h9-11H,2-8H2,1H3. The molecule has 0 saturated carbocycles. The summed E-state index contributed by atoms with van der Waals surface area (Å²) in [5.74, 6) is 0. The van der Waals surface area contributed by atoms with Crippen molar-refractivity contribution in [3.63, 3.8) is 0 Å². The predicted octanol–water partition coefficient (Wildman–Crippen LogP) is -0.591. The van der Waals surface area contributed by atoms with Crippen molar-refractivity contribution < 1.29 is 24.4 Å². The third-order valence-electron chi connectivity index (χ3n) is 1.45. The van der Waals surface area contributed by atoms with Crippen LogP contribution in [-0.4, -0.2) is 62.6 Å². The molecule has 86 valence electrons. The molecule has 5 nitrogen and oxygen atoms in total. The van der Waals surface area contributed by atoms with Crippen LogP contribution in [-0.2, 0) is 14.2 Å². The van der Waals surface area contributed by atoms with Gasteiger partial charge in [-0.25, -0.2) is 0 Å². The van der Waals surface area contributed by atoms with Crippen LogP contribution in [0.15, 0.2) is 0 Å². The Hall–Kier alpha value is -0.200. The molecule has 0 bridgehead atoms. The predicted molar refractivity (Wildman–Crippen MR) is 51.2 cm³/mol. The van der Waals surface area contributed by atoms with Gasteiger partial charge in [0.2, 0.25) is 0 Å². The smallest absolute Gasteiger partial charge is 0.0781 e. The second-order valence-electron chi connectivity index (χ2n) is 2.82. The summed E-state index contributed by atoms with van der Waals surface area (Å²) in [4.78, 5) is 0.